The molecule has 2 rings (SSSR count). The maximum atomic E-state index is 11.0. The van der Waals surface area contributed by atoms with Gasteiger partial charge in [-0.1, -0.05) is 0 Å². The molecule has 0 radical (unpaired) electrons. The van der Waals surface area contributed by atoms with Crippen LogP contribution < -0.4 is 5.32 Å². The number of rotatable bonds is 2. The summed E-state index contributed by atoms with van der Waals surface area (Å²) in [5.74, 6) is -0.123. The van der Waals surface area contributed by atoms with Gasteiger partial charge in [-0.3, -0.25) is 9.69 Å². The molecule has 0 saturated carbocycles. The fraction of sp³-hybridized carbons (Fsp3) is 0.875. The fourth-order valence-corrected chi connectivity index (χ4v) is 2.07. The van der Waals surface area contributed by atoms with E-state index in [1.807, 2.05) is 0 Å². The van der Waals surface area contributed by atoms with E-state index in [2.05, 4.69) is 15.0 Å². The van der Waals surface area contributed by atoms with Crippen molar-refractivity contribution in [3.63, 3.8) is 0 Å². The molecule has 2 aliphatic heterocycles. The van der Waals surface area contributed by atoms with Gasteiger partial charge in [0.05, 0.1) is 13.7 Å². The Morgan fingerprint density at radius 1 is 1.75 bits per heavy atom. The third-order valence-electron chi connectivity index (χ3n) is 2.73. The highest BCUT2D eigenvalue weighted by atomic mass is 16.5. The van der Waals surface area contributed by atoms with Gasteiger partial charge >= 0.3 is 5.97 Å². The quantitative estimate of drug-likeness (QED) is 0.551. The van der Waals surface area contributed by atoms with Gasteiger partial charge in [-0.05, 0) is 6.42 Å². The molecule has 68 valence electrons. The summed E-state index contributed by atoms with van der Waals surface area (Å²) in [7, 11) is 1.44. The molecular formula is C8H14N2O2. The number of nitrogens with zero attached hydrogens (tertiary/aromatic N) is 1. The molecule has 1 N–H and O–H groups in total. The van der Waals surface area contributed by atoms with Crippen molar-refractivity contribution < 1.29 is 9.53 Å². The summed E-state index contributed by atoms with van der Waals surface area (Å²) in [6.07, 6.45) is 1.19. The molecule has 2 aliphatic rings. The average molecular weight is 170 g/mol. The van der Waals surface area contributed by atoms with E-state index < -0.39 is 0 Å². The van der Waals surface area contributed by atoms with Crippen LogP contribution in [0.25, 0.3) is 0 Å². The predicted molar refractivity (Wildman–Crippen MR) is 43.8 cm³/mol. The van der Waals surface area contributed by atoms with E-state index in [1.54, 1.807) is 0 Å². The maximum Gasteiger partial charge on any atom is 0.319 e. The Morgan fingerprint density at radius 2 is 2.58 bits per heavy atom. The predicted octanol–water partition coefficient (Wildman–Crippen LogP) is -0.794. The Balaban J connectivity index is 1.86. The van der Waals surface area contributed by atoms with Gasteiger partial charge in [0.2, 0.25) is 0 Å². The standard InChI is InChI=1S/C8H14N2O2/c1-12-8(11)5-10-4-6-2-7(10)3-9-6/h6-7,9H,2-5H2,1H3/t6-,7-/m0/s1. The number of methoxy groups -OCH3 is 1. The smallest absolute Gasteiger partial charge is 0.319 e. The first-order valence-electron chi connectivity index (χ1n) is 4.34. The molecule has 2 bridgehead atoms. The molecule has 2 heterocycles. The molecule has 0 amide bonds. The summed E-state index contributed by atoms with van der Waals surface area (Å²) in [5.41, 5.74) is 0. The lowest BCUT2D eigenvalue weighted by molar-refractivity contribution is -0.142. The molecule has 0 aliphatic carbocycles. The van der Waals surface area contributed by atoms with Gasteiger partial charge in [-0.25, -0.2) is 0 Å². The minimum absolute atomic E-state index is 0.123. The van der Waals surface area contributed by atoms with Crippen LogP contribution in [0.15, 0.2) is 0 Å². The third-order valence-corrected chi connectivity index (χ3v) is 2.73. The highest BCUT2D eigenvalue weighted by Crippen LogP contribution is 2.22. The summed E-state index contributed by atoms with van der Waals surface area (Å²) in [4.78, 5) is 13.2. The van der Waals surface area contributed by atoms with Gasteiger partial charge in [0, 0.05) is 25.2 Å². The van der Waals surface area contributed by atoms with Crippen LogP contribution in [-0.4, -0.2) is 49.7 Å². The normalized spacial score (nSPS) is 34.1. The number of esters is 1. The number of hydrogen-bond donors (Lipinski definition) is 1. The van der Waals surface area contributed by atoms with Crippen molar-refractivity contribution >= 4 is 5.97 Å². The van der Waals surface area contributed by atoms with E-state index in [9.17, 15) is 4.79 Å². The number of piperazine rings is 1. The second kappa shape index (κ2) is 3.03. The van der Waals surface area contributed by atoms with E-state index in [-0.39, 0.29) is 5.97 Å². The highest BCUT2D eigenvalue weighted by Gasteiger charge is 2.38. The van der Waals surface area contributed by atoms with Crippen molar-refractivity contribution in [1.82, 2.24) is 10.2 Å². The number of carbonyl (C=O) groups excluding carboxylic acids is 1. The van der Waals surface area contributed by atoms with Crippen LogP contribution in [0.3, 0.4) is 0 Å². The Morgan fingerprint density at radius 3 is 3.08 bits per heavy atom. The van der Waals surface area contributed by atoms with Gasteiger partial charge in [0.15, 0.2) is 0 Å². The zero-order valence-corrected chi connectivity index (χ0v) is 7.25. The number of nitrogens with one attached hydrogen (secondary N) is 1. The minimum Gasteiger partial charge on any atom is -0.468 e. The zero-order valence-electron chi connectivity index (χ0n) is 7.25. The Kier molecular flexibility index (Phi) is 2.02. The van der Waals surface area contributed by atoms with E-state index >= 15 is 0 Å². The molecule has 0 unspecified atom stereocenters. The van der Waals surface area contributed by atoms with Crippen molar-refractivity contribution in [1.29, 1.82) is 0 Å². The fourth-order valence-electron chi connectivity index (χ4n) is 2.07. The summed E-state index contributed by atoms with van der Waals surface area (Å²) >= 11 is 0. The Labute approximate surface area is 71.9 Å². The summed E-state index contributed by atoms with van der Waals surface area (Å²) in [6.45, 7) is 2.49. The summed E-state index contributed by atoms with van der Waals surface area (Å²) in [6, 6.07) is 1.17. The lowest BCUT2D eigenvalue weighted by Gasteiger charge is -2.25. The second-order valence-corrected chi connectivity index (χ2v) is 3.50. The van der Waals surface area contributed by atoms with Crippen LogP contribution in [0.1, 0.15) is 6.42 Å². The first-order valence-corrected chi connectivity index (χ1v) is 4.34. The van der Waals surface area contributed by atoms with E-state index in [0.717, 1.165) is 13.1 Å². The first kappa shape index (κ1) is 8.01. The molecule has 2 saturated heterocycles. The average Bonchev–Trinajstić information content (AvgIpc) is 2.64. The van der Waals surface area contributed by atoms with Gasteiger partial charge in [0.1, 0.15) is 0 Å². The number of fused-ring (bicyclic) bond motifs is 2. The van der Waals surface area contributed by atoms with Crippen molar-refractivity contribution in [2.45, 2.75) is 18.5 Å². The van der Waals surface area contributed by atoms with Crippen LogP contribution in [-0.2, 0) is 9.53 Å². The molecule has 4 heteroatoms. The van der Waals surface area contributed by atoms with Crippen molar-refractivity contribution in [2.24, 2.45) is 0 Å². The van der Waals surface area contributed by atoms with E-state index in [1.165, 1.54) is 13.5 Å². The lowest BCUT2D eigenvalue weighted by Crippen LogP contribution is -2.45. The minimum atomic E-state index is -0.123. The number of ether oxygens (including phenoxy) is 1. The largest absolute Gasteiger partial charge is 0.468 e. The van der Waals surface area contributed by atoms with Gasteiger partial charge < -0.3 is 10.1 Å². The van der Waals surface area contributed by atoms with E-state index in [4.69, 9.17) is 0 Å². The zero-order chi connectivity index (χ0) is 8.55. The van der Waals surface area contributed by atoms with Crippen LogP contribution >= 0.6 is 0 Å². The second-order valence-electron chi connectivity index (χ2n) is 3.50. The lowest BCUT2D eigenvalue weighted by atomic mass is 10.2. The molecule has 0 aromatic heterocycles. The molecule has 0 spiro atoms. The molecule has 4 nitrogen and oxygen atoms in total. The number of carbonyl (C=O) groups is 1. The van der Waals surface area contributed by atoms with Crippen LogP contribution in [0, 0.1) is 0 Å². The third kappa shape index (κ3) is 1.32. The van der Waals surface area contributed by atoms with Gasteiger partial charge in [0.25, 0.3) is 0 Å². The van der Waals surface area contributed by atoms with Crippen LogP contribution in [0.2, 0.25) is 0 Å². The number of likely N-dealkylation sites (tertiary alicyclic amines) is 1. The Hall–Kier alpha value is -0.610. The first-order chi connectivity index (χ1) is 5.79. The van der Waals surface area contributed by atoms with Gasteiger partial charge in [-0.15, -0.1) is 0 Å². The van der Waals surface area contributed by atoms with Gasteiger partial charge in [-0.2, -0.15) is 0 Å². The monoisotopic (exact) mass is 170 g/mol. The SMILES string of the molecule is COC(=O)CN1C[C@@H]2C[C@H]1CN2. The molecule has 2 atom stereocenters. The molecular weight excluding hydrogens is 156 g/mol. The van der Waals surface area contributed by atoms with Crippen LogP contribution in [0.4, 0.5) is 0 Å². The summed E-state index contributed by atoms with van der Waals surface area (Å²) < 4.78 is 4.62. The molecule has 0 aromatic carbocycles. The summed E-state index contributed by atoms with van der Waals surface area (Å²) in [5, 5.41) is 3.38. The van der Waals surface area contributed by atoms with Crippen LogP contribution in [0.5, 0.6) is 0 Å². The van der Waals surface area contributed by atoms with Crippen molar-refractivity contribution in [2.75, 3.05) is 26.7 Å². The molecule has 12 heavy (non-hydrogen) atoms. The van der Waals surface area contributed by atoms with Crippen molar-refractivity contribution in [3.8, 4) is 0 Å². The Bertz CT molecular complexity index is 195. The van der Waals surface area contributed by atoms with Crippen molar-refractivity contribution in [3.05, 3.63) is 0 Å². The maximum absolute atomic E-state index is 11.0. The topological polar surface area (TPSA) is 41.6 Å². The number of hydrogen-bond acceptors (Lipinski definition) is 4. The molecule has 2 fully saturated rings. The highest BCUT2D eigenvalue weighted by molar-refractivity contribution is 5.71. The molecule has 0 aromatic rings. The van der Waals surface area contributed by atoms with E-state index in [0.29, 0.717) is 18.6 Å².